The Morgan fingerprint density at radius 3 is 1.86 bits per heavy atom. The van der Waals surface area contributed by atoms with Gasteiger partial charge in [-0.05, 0) is 32.3 Å². The molecule has 0 heterocycles. The monoisotopic (exact) mass is 342 g/mol. The van der Waals surface area contributed by atoms with Gasteiger partial charge < -0.3 is 16.2 Å². The van der Waals surface area contributed by atoms with E-state index in [1.54, 1.807) is 6.07 Å². The van der Waals surface area contributed by atoms with Crippen LogP contribution in [0.5, 0.6) is 5.75 Å². The minimum Gasteiger partial charge on any atom is -0.487 e. The van der Waals surface area contributed by atoms with Gasteiger partial charge in [-0.3, -0.25) is 4.79 Å². The average Bonchev–Trinajstić information content (AvgIpc) is 2.36. The Balaban J connectivity index is 0. The van der Waals surface area contributed by atoms with Gasteiger partial charge >= 0.3 is 0 Å². The van der Waals surface area contributed by atoms with Gasteiger partial charge in [0, 0.05) is 40.4 Å². The molecule has 0 saturated carbocycles. The first-order valence-electron chi connectivity index (χ1n) is 7.24. The van der Waals surface area contributed by atoms with Crippen LogP contribution in [0.2, 0.25) is 0 Å². The van der Waals surface area contributed by atoms with Crippen molar-refractivity contribution in [1.82, 2.24) is 0 Å². The van der Waals surface area contributed by atoms with E-state index in [0.717, 1.165) is 11.8 Å². The summed E-state index contributed by atoms with van der Waals surface area (Å²) in [5, 5.41) is 0. The largest absolute Gasteiger partial charge is 0.487 e. The Kier molecular flexibility index (Phi) is 10.9. The van der Waals surface area contributed by atoms with Crippen LogP contribution in [0, 0.1) is 0 Å². The van der Waals surface area contributed by atoms with Gasteiger partial charge in [0.2, 0.25) is 0 Å². The number of para-hydroxylation sites is 1. The molecule has 4 N–H and O–H groups in total. The molecular formula is C17H30N2O2Ti. The summed E-state index contributed by atoms with van der Waals surface area (Å²) in [5.41, 5.74) is 11.1. The van der Waals surface area contributed by atoms with E-state index in [-0.39, 0.29) is 32.7 Å². The van der Waals surface area contributed by atoms with Crippen LogP contribution in [0.3, 0.4) is 0 Å². The number of benzene rings is 1. The molecule has 0 spiro atoms. The zero-order valence-corrected chi connectivity index (χ0v) is 16.3. The third kappa shape index (κ3) is 8.69. The van der Waals surface area contributed by atoms with E-state index in [4.69, 9.17) is 16.2 Å². The normalized spacial score (nSPS) is 10.9. The Hall–Kier alpha value is -0.676. The van der Waals surface area contributed by atoms with Gasteiger partial charge in [0.25, 0.3) is 0 Å². The molecule has 0 bridgehead atoms. The molecule has 0 amide bonds. The summed E-state index contributed by atoms with van der Waals surface area (Å²) < 4.78 is 5.95. The maximum Gasteiger partial charge on any atom is 0.153 e. The van der Waals surface area contributed by atoms with Gasteiger partial charge in [0.1, 0.15) is 11.4 Å². The molecule has 1 rings (SSSR count). The topological polar surface area (TPSA) is 78.3 Å². The Bertz CT molecular complexity index is 447. The molecule has 0 aliphatic heterocycles. The number of hydrogen-bond donors (Lipinski definition) is 2. The molecular weight excluding hydrogens is 312 g/mol. The van der Waals surface area contributed by atoms with E-state index in [1.807, 2.05) is 32.9 Å². The Morgan fingerprint density at radius 2 is 1.55 bits per heavy atom. The molecule has 1 aromatic carbocycles. The van der Waals surface area contributed by atoms with Crippen molar-refractivity contribution in [1.29, 1.82) is 0 Å². The van der Waals surface area contributed by atoms with E-state index in [9.17, 15) is 4.79 Å². The van der Waals surface area contributed by atoms with Crippen molar-refractivity contribution in [3.8, 4) is 5.75 Å². The van der Waals surface area contributed by atoms with Crippen LogP contribution in [0.4, 0.5) is 0 Å². The van der Waals surface area contributed by atoms with Gasteiger partial charge in [-0.15, -0.1) is 0 Å². The van der Waals surface area contributed by atoms with Crippen molar-refractivity contribution < 1.29 is 31.2 Å². The van der Waals surface area contributed by atoms with Crippen molar-refractivity contribution in [3.63, 3.8) is 0 Å². The van der Waals surface area contributed by atoms with E-state index < -0.39 is 0 Å². The fourth-order valence-corrected chi connectivity index (χ4v) is 1.66. The van der Waals surface area contributed by atoms with Gasteiger partial charge in [0.05, 0.1) is 5.56 Å². The predicted molar refractivity (Wildman–Crippen MR) is 89.0 cm³/mol. The smallest absolute Gasteiger partial charge is 0.153 e. The summed E-state index contributed by atoms with van der Waals surface area (Å²) in [6.45, 7) is 13.5. The zero-order valence-electron chi connectivity index (χ0n) is 14.7. The molecule has 0 aliphatic carbocycles. The number of ether oxygens (including phenoxy) is 1. The number of hydrogen-bond acceptors (Lipinski definition) is 4. The molecule has 0 saturated heterocycles. The fraction of sp³-hybridized carbons (Fsp3) is 0.588. The third-order valence-electron chi connectivity index (χ3n) is 2.56. The second kappa shape index (κ2) is 10.2. The average molecular weight is 342 g/mol. The summed E-state index contributed by atoms with van der Waals surface area (Å²) in [7, 11) is 0. The fourth-order valence-electron chi connectivity index (χ4n) is 1.66. The molecule has 4 nitrogen and oxygen atoms in total. The van der Waals surface area contributed by atoms with E-state index >= 15 is 0 Å². The minimum absolute atomic E-state index is 0. The number of aldehydes is 1. The predicted octanol–water partition coefficient (Wildman–Crippen LogP) is 2.88. The van der Waals surface area contributed by atoms with Gasteiger partial charge in [-0.2, -0.15) is 0 Å². The van der Waals surface area contributed by atoms with Gasteiger partial charge in [-0.25, -0.2) is 0 Å². The molecule has 124 valence electrons. The van der Waals surface area contributed by atoms with Crippen molar-refractivity contribution >= 4 is 6.29 Å². The standard InChI is InChI=1S/C15H22O2.C2H8N2.Ti/c1-14(2,3)12-9-7-8-11(10-16)13(12)17-15(4,5)6;3-1-2-4;/h7-10H,1-6H3;1-4H2;. The van der Waals surface area contributed by atoms with Crippen LogP contribution in [0.25, 0.3) is 0 Å². The van der Waals surface area contributed by atoms with Crippen LogP contribution < -0.4 is 16.2 Å². The van der Waals surface area contributed by atoms with Gasteiger partial charge in [0.15, 0.2) is 6.29 Å². The van der Waals surface area contributed by atoms with Crippen molar-refractivity contribution in [2.24, 2.45) is 11.5 Å². The molecule has 0 aromatic heterocycles. The van der Waals surface area contributed by atoms with E-state index in [1.165, 1.54) is 0 Å². The maximum atomic E-state index is 11.1. The summed E-state index contributed by atoms with van der Waals surface area (Å²) in [6.07, 6.45) is 0.857. The Morgan fingerprint density at radius 1 is 1.05 bits per heavy atom. The van der Waals surface area contributed by atoms with Crippen LogP contribution >= 0.6 is 0 Å². The molecule has 5 heteroatoms. The van der Waals surface area contributed by atoms with Crippen LogP contribution in [-0.4, -0.2) is 25.0 Å². The molecule has 22 heavy (non-hydrogen) atoms. The number of rotatable bonds is 3. The van der Waals surface area contributed by atoms with Crippen molar-refractivity contribution in [2.45, 2.75) is 52.6 Å². The summed E-state index contributed by atoms with van der Waals surface area (Å²) >= 11 is 0. The first-order chi connectivity index (χ1) is 9.56. The van der Waals surface area contributed by atoms with Crippen LogP contribution in [0.15, 0.2) is 18.2 Å². The molecule has 0 aliphatic rings. The summed E-state index contributed by atoms with van der Waals surface area (Å²) in [6, 6.07) is 5.72. The van der Waals surface area contributed by atoms with Crippen LogP contribution in [-0.2, 0) is 27.1 Å². The van der Waals surface area contributed by atoms with Gasteiger partial charge in [-0.1, -0.05) is 32.9 Å². The van der Waals surface area contributed by atoms with Crippen molar-refractivity contribution in [2.75, 3.05) is 13.1 Å². The molecule has 0 fully saturated rings. The number of carbonyl (C=O) groups excluding carboxylic acids is 1. The van der Waals surface area contributed by atoms with Crippen molar-refractivity contribution in [3.05, 3.63) is 29.3 Å². The number of carbonyl (C=O) groups is 1. The summed E-state index contributed by atoms with van der Waals surface area (Å²) in [5.74, 6) is 0.711. The van der Waals surface area contributed by atoms with Crippen LogP contribution in [0.1, 0.15) is 57.5 Å². The Labute approximate surface area is 149 Å². The third-order valence-corrected chi connectivity index (χ3v) is 2.56. The first-order valence-corrected chi connectivity index (χ1v) is 7.24. The summed E-state index contributed by atoms with van der Waals surface area (Å²) in [4.78, 5) is 11.1. The SMILES string of the molecule is CC(C)(C)Oc1c(C=O)cccc1C(C)(C)C.NCCN.[Ti]. The minimum atomic E-state index is -0.306. The first kappa shape index (κ1) is 23.6. The number of nitrogens with two attached hydrogens (primary N) is 2. The van der Waals surface area contributed by atoms with E-state index in [2.05, 4.69) is 20.8 Å². The second-order valence-electron chi connectivity index (χ2n) is 6.88. The maximum absolute atomic E-state index is 11.1. The molecule has 1 aromatic rings. The van der Waals surface area contributed by atoms with E-state index in [0.29, 0.717) is 24.4 Å². The zero-order chi connectivity index (χ0) is 16.7. The second-order valence-corrected chi connectivity index (χ2v) is 6.88. The molecule has 0 unspecified atom stereocenters. The molecule has 0 radical (unpaired) electrons. The molecule has 0 atom stereocenters. The quantitative estimate of drug-likeness (QED) is 0.654.